The number of carboxylic acids is 1. The highest BCUT2D eigenvalue weighted by molar-refractivity contribution is 5.74. The molecule has 5 heteroatoms. The van der Waals surface area contributed by atoms with Crippen LogP contribution in [0.2, 0.25) is 0 Å². The maximum atomic E-state index is 10.9. The highest BCUT2D eigenvalue weighted by atomic mass is 16.4. The van der Waals surface area contributed by atoms with Crippen LogP contribution in [0.15, 0.2) is 24.5 Å². The summed E-state index contributed by atoms with van der Waals surface area (Å²) < 4.78 is 0. The molecule has 5 nitrogen and oxygen atoms in total. The molecule has 0 saturated carbocycles. The average molecular weight is 266 g/mol. The van der Waals surface area contributed by atoms with E-state index in [1.807, 2.05) is 19.1 Å². The van der Waals surface area contributed by atoms with E-state index >= 15 is 0 Å². The van der Waals surface area contributed by atoms with Crippen molar-refractivity contribution in [1.82, 2.24) is 10.3 Å². The molecule has 1 rings (SSSR count). The van der Waals surface area contributed by atoms with Crippen LogP contribution in [0.4, 0.5) is 0 Å². The van der Waals surface area contributed by atoms with Gasteiger partial charge in [0.1, 0.15) is 6.04 Å². The first-order chi connectivity index (χ1) is 9.06. The summed E-state index contributed by atoms with van der Waals surface area (Å²) in [5.41, 5.74) is 1.21. The molecule has 0 radical (unpaired) electrons. The number of carboxylic acid groups (broad SMARTS) is 1. The summed E-state index contributed by atoms with van der Waals surface area (Å²) >= 11 is 0. The zero-order valence-corrected chi connectivity index (χ0v) is 11.4. The molecule has 0 amide bonds. The van der Waals surface area contributed by atoms with Gasteiger partial charge in [-0.05, 0) is 49.9 Å². The van der Waals surface area contributed by atoms with E-state index in [9.17, 15) is 9.90 Å². The van der Waals surface area contributed by atoms with Crippen molar-refractivity contribution in [3.8, 4) is 0 Å². The van der Waals surface area contributed by atoms with Gasteiger partial charge in [0.2, 0.25) is 0 Å². The second-order valence-electron chi connectivity index (χ2n) is 4.82. The molecule has 1 aromatic rings. The smallest absolute Gasteiger partial charge is 0.323 e. The summed E-state index contributed by atoms with van der Waals surface area (Å²) in [6.07, 6.45) is 5.26. The lowest BCUT2D eigenvalue weighted by Crippen LogP contribution is -2.47. The predicted molar refractivity (Wildman–Crippen MR) is 72.8 cm³/mol. The van der Waals surface area contributed by atoms with Gasteiger partial charge in [-0.2, -0.15) is 0 Å². The lowest BCUT2D eigenvalue weighted by molar-refractivity contribution is -0.143. The SMILES string of the molecule is CN[C@H](C(=O)O)[C@H](O)[C@H](C)CCCc1ccncc1. The Bertz CT molecular complexity index is 384. The van der Waals surface area contributed by atoms with Crippen LogP contribution in [0.25, 0.3) is 0 Å². The summed E-state index contributed by atoms with van der Waals surface area (Å²) in [6, 6.07) is 3.03. The van der Waals surface area contributed by atoms with Gasteiger partial charge in [-0.25, -0.2) is 0 Å². The zero-order valence-electron chi connectivity index (χ0n) is 11.4. The van der Waals surface area contributed by atoms with Gasteiger partial charge in [-0.1, -0.05) is 6.92 Å². The third-order valence-corrected chi connectivity index (χ3v) is 3.38. The van der Waals surface area contributed by atoms with E-state index in [0.717, 1.165) is 19.3 Å². The topological polar surface area (TPSA) is 82.5 Å². The number of likely N-dealkylation sites (N-methyl/N-ethyl adjacent to an activating group) is 1. The van der Waals surface area contributed by atoms with Crippen molar-refractivity contribution in [1.29, 1.82) is 0 Å². The van der Waals surface area contributed by atoms with Crippen molar-refractivity contribution >= 4 is 5.97 Å². The number of aliphatic hydroxyl groups is 1. The molecular weight excluding hydrogens is 244 g/mol. The molecule has 1 heterocycles. The highest BCUT2D eigenvalue weighted by Crippen LogP contribution is 2.16. The molecule has 0 aliphatic carbocycles. The second-order valence-corrected chi connectivity index (χ2v) is 4.82. The largest absolute Gasteiger partial charge is 0.480 e. The van der Waals surface area contributed by atoms with Gasteiger partial charge >= 0.3 is 5.97 Å². The van der Waals surface area contributed by atoms with Crippen molar-refractivity contribution in [3.05, 3.63) is 30.1 Å². The Morgan fingerprint density at radius 3 is 2.58 bits per heavy atom. The van der Waals surface area contributed by atoms with E-state index in [4.69, 9.17) is 5.11 Å². The van der Waals surface area contributed by atoms with E-state index in [2.05, 4.69) is 10.3 Å². The Balaban J connectivity index is 2.38. The Kier molecular flexibility index (Phi) is 6.45. The summed E-state index contributed by atoms with van der Waals surface area (Å²) in [6.45, 7) is 1.88. The van der Waals surface area contributed by atoms with Crippen LogP contribution in [0.1, 0.15) is 25.3 Å². The van der Waals surface area contributed by atoms with Gasteiger partial charge in [0.25, 0.3) is 0 Å². The van der Waals surface area contributed by atoms with E-state index < -0.39 is 18.1 Å². The summed E-state index contributed by atoms with van der Waals surface area (Å²) in [7, 11) is 1.55. The first-order valence-electron chi connectivity index (χ1n) is 6.53. The number of nitrogens with one attached hydrogen (secondary N) is 1. The van der Waals surface area contributed by atoms with E-state index in [1.54, 1.807) is 19.4 Å². The molecule has 0 aromatic carbocycles. The summed E-state index contributed by atoms with van der Waals surface area (Å²) in [5, 5.41) is 21.6. The maximum absolute atomic E-state index is 10.9. The minimum absolute atomic E-state index is 0.0598. The first kappa shape index (κ1) is 15.6. The standard InChI is InChI=1S/C14H22N2O3/c1-10(13(17)12(15-2)14(18)19)4-3-5-11-6-8-16-9-7-11/h6-10,12-13,15,17H,3-5H2,1-2H3,(H,18,19)/t10-,12+,13-/m1/s1. The third-order valence-electron chi connectivity index (χ3n) is 3.38. The number of nitrogens with zero attached hydrogens (tertiary/aromatic N) is 1. The lowest BCUT2D eigenvalue weighted by atomic mass is 9.92. The summed E-state index contributed by atoms with van der Waals surface area (Å²) in [4.78, 5) is 14.9. The number of rotatable bonds is 8. The normalized spacial score (nSPS) is 15.7. The lowest BCUT2D eigenvalue weighted by Gasteiger charge is -2.24. The van der Waals surface area contributed by atoms with Gasteiger partial charge in [0.05, 0.1) is 6.10 Å². The van der Waals surface area contributed by atoms with Crippen LogP contribution < -0.4 is 5.32 Å². The van der Waals surface area contributed by atoms with E-state index in [-0.39, 0.29) is 5.92 Å². The van der Waals surface area contributed by atoms with Gasteiger partial charge < -0.3 is 15.5 Å². The zero-order chi connectivity index (χ0) is 14.3. The predicted octanol–water partition coefficient (Wildman–Crippen LogP) is 1.07. The molecule has 106 valence electrons. The number of aromatic nitrogens is 1. The van der Waals surface area contributed by atoms with Gasteiger partial charge in [0.15, 0.2) is 0 Å². The van der Waals surface area contributed by atoms with Crippen LogP contribution >= 0.6 is 0 Å². The molecule has 0 aliphatic rings. The number of aliphatic carboxylic acids is 1. The molecule has 1 aromatic heterocycles. The number of carbonyl (C=O) groups is 1. The Morgan fingerprint density at radius 1 is 1.42 bits per heavy atom. The molecule has 0 aliphatic heterocycles. The first-order valence-corrected chi connectivity index (χ1v) is 6.53. The van der Waals surface area contributed by atoms with Crippen LogP contribution in [0, 0.1) is 5.92 Å². The van der Waals surface area contributed by atoms with Gasteiger partial charge in [0, 0.05) is 12.4 Å². The minimum Gasteiger partial charge on any atom is -0.480 e. The molecule has 3 N–H and O–H groups in total. The van der Waals surface area contributed by atoms with Gasteiger partial charge in [-0.3, -0.25) is 9.78 Å². The summed E-state index contributed by atoms with van der Waals surface area (Å²) in [5.74, 6) is -1.08. The molecule has 0 unspecified atom stereocenters. The Labute approximate surface area is 113 Å². The van der Waals surface area contributed by atoms with E-state index in [1.165, 1.54) is 5.56 Å². The number of aliphatic hydroxyl groups excluding tert-OH is 1. The van der Waals surface area contributed by atoms with Crippen molar-refractivity contribution in [2.75, 3.05) is 7.05 Å². The van der Waals surface area contributed by atoms with Crippen molar-refractivity contribution in [3.63, 3.8) is 0 Å². The average Bonchev–Trinajstić information content (AvgIpc) is 2.40. The van der Waals surface area contributed by atoms with Crippen LogP contribution in [0.5, 0.6) is 0 Å². The fourth-order valence-electron chi connectivity index (χ4n) is 2.12. The highest BCUT2D eigenvalue weighted by Gasteiger charge is 2.28. The Hall–Kier alpha value is -1.46. The fourth-order valence-corrected chi connectivity index (χ4v) is 2.12. The molecule has 0 spiro atoms. The monoisotopic (exact) mass is 266 g/mol. The molecule has 0 saturated heterocycles. The third kappa shape index (κ3) is 4.96. The van der Waals surface area contributed by atoms with Crippen LogP contribution in [-0.2, 0) is 11.2 Å². The quantitative estimate of drug-likeness (QED) is 0.655. The Morgan fingerprint density at radius 2 is 2.05 bits per heavy atom. The van der Waals surface area contributed by atoms with Crippen molar-refractivity contribution in [2.24, 2.45) is 5.92 Å². The molecule has 0 fully saturated rings. The number of hydrogen-bond donors (Lipinski definition) is 3. The van der Waals surface area contributed by atoms with E-state index in [0.29, 0.717) is 0 Å². The number of aryl methyl sites for hydroxylation is 1. The molecular formula is C14H22N2O3. The second kappa shape index (κ2) is 7.86. The molecule has 19 heavy (non-hydrogen) atoms. The molecule has 3 atom stereocenters. The van der Waals surface area contributed by atoms with Gasteiger partial charge in [-0.15, -0.1) is 0 Å². The fraction of sp³-hybridized carbons (Fsp3) is 0.571. The maximum Gasteiger partial charge on any atom is 0.323 e. The van der Waals surface area contributed by atoms with Crippen LogP contribution in [0.3, 0.4) is 0 Å². The van der Waals surface area contributed by atoms with Crippen LogP contribution in [-0.4, -0.2) is 40.4 Å². The number of pyridine rings is 1. The molecule has 0 bridgehead atoms. The minimum atomic E-state index is -1.02. The van der Waals surface area contributed by atoms with Crippen molar-refractivity contribution < 1.29 is 15.0 Å². The number of hydrogen-bond acceptors (Lipinski definition) is 4. The van der Waals surface area contributed by atoms with Crippen molar-refractivity contribution in [2.45, 2.75) is 38.3 Å².